The van der Waals surface area contributed by atoms with Crippen LogP contribution in [-0.2, 0) is 0 Å². The first kappa shape index (κ1) is 15.9. The molecule has 1 N–H and O–H groups in total. The van der Waals surface area contributed by atoms with Crippen molar-refractivity contribution in [2.24, 2.45) is 0 Å². The third-order valence-electron chi connectivity index (χ3n) is 3.41. The Bertz CT molecular complexity index is 536. The number of rotatable bonds is 7. The zero-order valence-electron chi connectivity index (χ0n) is 12.9. The maximum absolute atomic E-state index is 5.19. The summed E-state index contributed by atoms with van der Waals surface area (Å²) in [5, 5.41) is 3.57. The molecule has 1 atom stereocenters. The Kier molecular flexibility index (Phi) is 6.15. The van der Waals surface area contributed by atoms with E-state index in [0.717, 1.165) is 18.0 Å². The van der Waals surface area contributed by atoms with Gasteiger partial charge in [-0.05, 0) is 43.3 Å². The van der Waals surface area contributed by atoms with Crippen molar-refractivity contribution in [1.29, 1.82) is 0 Å². The SMILES string of the molecule is CCNC(CSc1ccc(OC)cc1)c1ccc(C)cc1. The average Bonchev–Trinajstić information content (AvgIpc) is 2.53. The Morgan fingerprint density at radius 3 is 2.29 bits per heavy atom. The second kappa shape index (κ2) is 8.11. The molecule has 0 aromatic heterocycles. The molecule has 3 heteroatoms. The summed E-state index contributed by atoms with van der Waals surface area (Å²) in [7, 11) is 1.70. The molecule has 0 bridgehead atoms. The second-order valence-corrected chi connectivity index (χ2v) is 6.10. The van der Waals surface area contributed by atoms with Crippen LogP contribution >= 0.6 is 11.8 Å². The van der Waals surface area contributed by atoms with Gasteiger partial charge in [0.05, 0.1) is 7.11 Å². The van der Waals surface area contributed by atoms with Crippen molar-refractivity contribution in [1.82, 2.24) is 5.32 Å². The molecule has 2 aromatic carbocycles. The summed E-state index contributed by atoms with van der Waals surface area (Å²) in [6.07, 6.45) is 0. The minimum atomic E-state index is 0.378. The number of benzene rings is 2. The number of hydrogen-bond donors (Lipinski definition) is 1. The Morgan fingerprint density at radius 2 is 1.71 bits per heavy atom. The topological polar surface area (TPSA) is 21.3 Å². The van der Waals surface area contributed by atoms with Crippen molar-refractivity contribution in [3.8, 4) is 5.75 Å². The van der Waals surface area contributed by atoms with Crippen LogP contribution in [-0.4, -0.2) is 19.4 Å². The third-order valence-corrected chi connectivity index (χ3v) is 4.51. The molecule has 2 aromatic rings. The zero-order valence-corrected chi connectivity index (χ0v) is 13.7. The van der Waals surface area contributed by atoms with Crippen LogP contribution in [0, 0.1) is 6.92 Å². The van der Waals surface area contributed by atoms with Crippen molar-refractivity contribution in [3.05, 3.63) is 59.7 Å². The van der Waals surface area contributed by atoms with Crippen LogP contribution in [0.1, 0.15) is 24.1 Å². The predicted octanol–water partition coefficient (Wildman–Crippen LogP) is 4.45. The molecule has 1 unspecified atom stereocenters. The first-order chi connectivity index (χ1) is 10.2. The molecule has 0 radical (unpaired) electrons. The van der Waals surface area contributed by atoms with E-state index < -0.39 is 0 Å². The van der Waals surface area contributed by atoms with Gasteiger partial charge in [0, 0.05) is 16.7 Å². The van der Waals surface area contributed by atoms with Crippen molar-refractivity contribution in [3.63, 3.8) is 0 Å². The summed E-state index contributed by atoms with van der Waals surface area (Å²) in [5.41, 5.74) is 2.65. The molecule has 0 saturated carbocycles. The monoisotopic (exact) mass is 301 g/mol. The van der Waals surface area contributed by atoms with Crippen molar-refractivity contribution < 1.29 is 4.74 Å². The largest absolute Gasteiger partial charge is 0.497 e. The van der Waals surface area contributed by atoms with E-state index in [4.69, 9.17) is 4.74 Å². The lowest BCUT2D eigenvalue weighted by Gasteiger charge is -2.18. The van der Waals surface area contributed by atoms with Crippen LogP contribution in [0.15, 0.2) is 53.4 Å². The van der Waals surface area contributed by atoms with E-state index >= 15 is 0 Å². The van der Waals surface area contributed by atoms with Crippen molar-refractivity contribution >= 4 is 11.8 Å². The fraction of sp³-hybridized carbons (Fsp3) is 0.333. The van der Waals surface area contributed by atoms with Gasteiger partial charge in [-0.15, -0.1) is 11.8 Å². The number of nitrogens with one attached hydrogen (secondary N) is 1. The van der Waals surface area contributed by atoms with Crippen LogP contribution < -0.4 is 10.1 Å². The first-order valence-electron chi connectivity index (χ1n) is 7.29. The molecule has 2 rings (SSSR count). The van der Waals surface area contributed by atoms with E-state index in [1.807, 2.05) is 23.9 Å². The van der Waals surface area contributed by atoms with E-state index in [2.05, 4.69) is 55.6 Å². The van der Waals surface area contributed by atoms with Crippen molar-refractivity contribution in [2.45, 2.75) is 24.8 Å². The Balaban J connectivity index is 2.00. The summed E-state index contributed by atoms with van der Waals surface area (Å²) >= 11 is 1.87. The number of aryl methyl sites for hydroxylation is 1. The van der Waals surface area contributed by atoms with Gasteiger partial charge < -0.3 is 10.1 Å². The van der Waals surface area contributed by atoms with Gasteiger partial charge in [0.15, 0.2) is 0 Å². The molecular weight excluding hydrogens is 278 g/mol. The molecular formula is C18H23NOS. The predicted molar refractivity (Wildman–Crippen MR) is 91.3 cm³/mol. The van der Waals surface area contributed by atoms with E-state index in [1.54, 1.807) is 7.11 Å². The van der Waals surface area contributed by atoms with E-state index in [9.17, 15) is 0 Å². The van der Waals surface area contributed by atoms with Gasteiger partial charge >= 0.3 is 0 Å². The highest BCUT2D eigenvalue weighted by molar-refractivity contribution is 7.99. The van der Waals surface area contributed by atoms with E-state index in [-0.39, 0.29) is 0 Å². The van der Waals surface area contributed by atoms with Gasteiger partial charge in [-0.1, -0.05) is 36.8 Å². The molecule has 0 fully saturated rings. The average molecular weight is 301 g/mol. The van der Waals surface area contributed by atoms with E-state index in [0.29, 0.717) is 6.04 Å². The Labute approximate surface area is 131 Å². The summed E-state index contributed by atoms with van der Waals surface area (Å²) in [6.45, 7) is 5.25. The van der Waals surface area contributed by atoms with Gasteiger partial charge in [0.2, 0.25) is 0 Å². The summed E-state index contributed by atoms with van der Waals surface area (Å²) in [5.74, 6) is 1.92. The van der Waals surface area contributed by atoms with Gasteiger partial charge in [0.1, 0.15) is 5.75 Å². The first-order valence-corrected chi connectivity index (χ1v) is 8.28. The fourth-order valence-corrected chi connectivity index (χ4v) is 3.17. The van der Waals surface area contributed by atoms with Crippen LogP contribution in [0.4, 0.5) is 0 Å². The Morgan fingerprint density at radius 1 is 1.05 bits per heavy atom. The maximum atomic E-state index is 5.19. The normalized spacial score (nSPS) is 12.1. The second-order valence-electron chi connectivity index (χ2n) is 5.01. The lowest BCUT2D eigenvalue weighted by Crippen LogP contribution is -2.22. The van der Waals surface area contributed by atoms with Crippen LogP contribution in [0.5, 0.6) is 5.75 Å². The highest BCUT2D eigenvalue weighted by Crippen LogP contribution is 2.26. The lowest BCUT2D eigenvalue weighted by atomic mass is 10.1. The number of methoxy groups -OCH3 is 1. The minimum absolute atomic E-state index is 0.378. The number of ether oxygens (including phenoxy) is 1. The van der Waals surface area contributed by atoms with Gasteiger partial charge in [-0.2, -0.15) is 0 Å². The fourth-order valence-electron chi connectivity index (χ4n) is 2.17. The molecule has 0 aliphatic rings. The molecule has 0 spiro atoms. The third kappa shape index (κ3) is 4.80. The molecule has 0 saturated heterocycles. The summed E-state index contributed by atoms with van der Waals surface area (Å²) in [6, 6.07) is 17.4. The van der Waals surface area contributed by atoms with Crippen LogP contribution in [0.2, 0.25) is 0 Å². The standard InChI is InChI=1S/C18H23NOS/c1-4-19-18(15-7-5-14(2)6-8-15)13-21-17-11-9-16(20-3)10-12-17/h5-12,18-19H,4,13H2,1-3H3. The lowest BCUT2D eigenvalue weighted by molar-refractivity contribution is 0.414. The highest BCUT2D eigenvalue weighted by atomic mass is 32.2. The van der Waals surface area contributed by atoms with E-state index in [1.165, 1.54) is 16.0 Å². The van der Waals surface area contributed by atoms with Crippen LogP contribution in [0.3, 0.4) is 0 Å². The smallest absolute Gasteiger partial charge is 0.118 e. The number of hydrogen-bond acceptors (Lipinski definition) is 3. The van der Waals surface area contributed by atoms with Gasteiger partial charge in [0.25, 0.3) is 0 Å². The number of thioether (sulfide) groups is 1. The van der Waals surface area contributed by atoms with Crippen LogP contribution in [0.25, 0.3) is 0 Å². The van der Waals surface area contributed by atoms with Gasteiger partial charge in [-0.3, -0.25) is 0 Å². The minimum Gasteiger partial charge on any atom is -0.497 e. The quantitative estimate of drug-likeness (QED) is 0.764. The molecule has 112 valence electrons. The molecule has 21 heavy (non-hydrogen) atoms. The molecule has 0 aliphatic heterocycles. The summed E-state index contributed by atoms with van der Waals surface area (Å²) < 4.78 is 5.19. The Hall–Kier alpha value is -1.45. The molecule has 0 heterocycles. The van der Waals surface area contributed by atoms with Gasteiger partial charge in [-0.25, -0.2) is 0 Å². The molecule has 2 nitrogen and oxygen atoms in total. The summed E-state index contributed by atoms with van der Waals surface area (Å²) in [4.78, 5) is 1.27. The molecule has 0 aliphatic carbocycles. The molecule has 0 amide bonds. The zero-order chi connectivity index (χ0) is 15.1. The highest BCUT2D eigenvalue weighted by Gasteiger charge is 2.10. The maximum Gasteiger partial charge on any atom is 0.118 e. The van der Waals surface area contributed by atoms with Crippen molar-refractivity contribution in [2.75, 3.05) is 19.4 Å².